The van der Waals surface area contributed by atoms with Crippen LogP contribution >= 0.6 is 23.0 Å². The highest BCUT2D eigenvalue weighted by Crippen LogP contribution is 2.25. The van der Waals surface area contributed by atoms with Crippen molar-refractivity contribution in [2.45, 2.75) is 20.8 Å². The lowest BCUT2D eigenvalue weighted by Gasteiger charge is -2.07. The van der Waals surface area contributed by atoms with Crippen LogP contribution in [-0.2, 0) is 0 Å². The molecule has 1 aromatic rings. The third kappa shape index (κ3) is 2.21. The molecule has 0 atom stereocenters. The Morgan fingerprint density at radius 2 is 1.85 bits per heavy atom. The topological polar surface area (TPSA) is 26.3 Å². The van der Waals surface area contributed by atoms with Crippen LogP contribution in [0.25, 0.3) is 0 Å². The van der Waals surface area contributed by atoms with Gasteiger partial charge in [0.1, 0.15) is 5.75 Å². The van der Waals surface area contributed by atoms with Gasteiger partial charge < -0.3 is 3.07 Å². The van der Waals surface area contributed by atoms with E-state index in [-0.39, 0.29) is 5.78 Å². The zero-order chi connectivity index (χ0) is 10.0. The Kier molecular flexibility index (Phi) is 3.30. The summed E-state index contributed by atoms with van der Waals surface area (Å²) in [4.78, 5) is 11.2. The number of hydrogen-bond donors (Lipinski definition) is 0. The molecule has 0 aliphatic rings. The van der Waals surface area contributed by atoms with Gasteiger partial charge in [-0.05, 0) is 44.0 Å². The normalized spacial score (nSPS) is 9.85. The lowest BCUT2D eigenvalue weighted by molar-refractivity contribution is 0.101. The van der Waals surface area contributed by atoms with E-state index in [4.69, 9.17) is 3.07 Å². The molecule has 0 bridgehead atoms. The van der Waals surface area contributed by atoms with Crippen molar-refractivity contribution in [2.75, 3.05) is 0 Å². The van der Waals surface area contributed by atoms with Crippen LogP contribution in [0.1, 0.15) is 28.4 Å². The molecule has 0 aliphatic carbocycles. The van der Waals surface area contributed by atoms with Crippen LogP contribution in [0.3, 0.4) is 0 Å². The molecule has 0 saturated carbocycles. The number of carbonyl (C=O) groups is 1. The van der Waals surface area contributed by atoms with Gasteiger partial charge in [0.25, 0.3) is 0 Å². The first-order valence-corrected chi connectivity index (χ1v) is 4.85. The van der Waals surface area contributed by atoms with E-state index in [2.05, 4.69) is 0 Å². The third-order valence-corrected chi connectivity index (χ3v) is 2.53. The van der Waals surface area contributed by atoms with Crippen LogP contribution in [0.2, 0.25) is 0 Å². The molecule has 0 N–H and O–H groups in total. The van der Waals surface area contributed by atoms with Gasteiger partial charge in [-0.3, -0.25) is 4.79 Å². The third-order valence-electron chi connectivity index (χ3n) is 2.06. The number of aryl methyl sites for hydroxylation is 2. The van der Waals surface area contributed by atoms with Crippen molar-refractivity contribution in [1.82, 2.24) is 0 Å². The monoisotopic (exact) mass is 290 g/mol. The van der Waals surface area contributed by atoms with Gasteiger partial charge in [-0.1, -0.05) is 0 Å². The van der Waals surface area contributed by atoms with Crippen molar-refractivity contribution in [3.63, 3.8) is 0 Å². The predicted octanol–water partition coefficient (Wildman–Crippen LogP) is 3.23. The van der Waals surface area contributed by atoms with E-state index in [0.29, 0.717) is 11.3 Å². The fourth-order valence-electron chi connectivity index (χ4n) is 1.13. The molecule has 0 aliphatic heterocycles. The molecule has 3 heteroatoms. The second kappa shape index (κ2) is 4.09. The van der Waals surface area contributed by atoms with Crippen LogP contribution in [0.15, 0.2) is 12.1 Å². The molecule has 0 fully saturated rings. The van der Waals surface area contributed by atoms with Crippen molar-refractivity contribution in [1.29, 1.82) is 0 Å². The molecule has 0 heterocycles. The number of ketones is 1. The molecule has 0 radical (unpaired) electrons. The second-order valence-electron chi connectivity index (χ2n) is 3.07. The molecule has 1 aromatic carbocycles. The molecule has 70 valence electrons. The molecular weight excluding hydrogens is 279 g/mol. The van der Waals surface area contributed by atoms with Crippen molar-refractivity contribution >= 4 is 28.8 Å². The Hall–Kier alpha value is -0.580. The van der Waals surface area contributed by atoms with E-state index < -0.39 is 0 Å². The van der Waals surface area contributed by atoms with Gasteiger partial charge in [0.05, 0.1) is 5.56 Å². The molecule has 13 heavy (non-hydrogen) atoms. The fourth-order valence-corrected chi connectivity index (χ4v) is 1.49. The number of rotatable bonds is 2. The highest BCUT2D eigenvalue weighted by atomic mass is 127. The van der Waals surface area contributed by atoms with Gasteiger partial charge in [0.15, 0.2) is 28.8 Å². The molecule has 0 aromatic heterocycles. The van der Waals surface area contributed by atoms with Crippen LogP contribution in [0.4, 0.5) is 0 Å². The number of halogens is 1. The van der Waals surface area contributed by atoms with E-state index in [0.717, 1.165) is 11.1 Å². The quantitative estimate of drug-likeness (QED) is 0.617. The Morgan fingerprint density at radius 1 is 1.31 bits per heavy atom. The van der Waals surface area contributed by atoms with E-state index in [1.54, 1.807) is 29.9 Å². The SMILES string of the molecule is CC(=O)c1cc(C)c(C)cc1OI. The molecule has 1 rings (SSSR count). The summed E-state index contributed by atoms with van der Waals surface area (Å²) in [7, 11) is 0. The highest BCUT2D eigenvalue weighted by molar-refractivity contribution is 14.1. The predicted molar refractivity (Wildman–Crippen MR) is 60.6 cm³/mol. The summed E-state index contributed by atoms with van der Waals surface area (Å²) in [6.45, 7) is 5.53. The summed E-state index contributed by atoms with van der Waals surface area (Å²) in [6.07, 6.45) is 0. The van der Waals surface area contributed by atoms with Gasteiger partial charge in [-0.15, -0.1) is 0 Å². The first-order chi connectivity index (χ1) is 6.06. The van der Waals surface area contributed by atoms with Gasteiger partial charge >= 0.3 is 0 Å². The summed E-state index contributed by atoms with van der Waals surface area (Å²) in [6, 6.07) is 3.75. The number of carbonyl (C=O) groups excluding carboxylic acids is 1. The average Bonchev–Trinajstić information content (AvgIpc) is 2.08. The van der Waals surface area contributed by atoms with E-state index in [9.17, 15) is 4.79 Å². The van der Waals surface area contributed by atoms with Crippen molar-refractivity contribution in [3.8, 4) is 5.75 Å². The molecule has 0 saturated heterocycles. The molecule has 2 nitrogen and oxygen atoms in total. The Labute approximate surface area is 92.0 Å². The van der Waals surface area contributed by atoms with E-state index in [1.165, 1.54) is 0 Å². The van der Waals surface area contributed by atoms with Gasteiger partial charge in [0, 0.05) is 0 Å². The maximum atomic E-state index is 11.2. The molecule has 0 unspecified atom stereocenters. The molecular formula is C10H11IO2. The highest BCUT2D eigenvalue weighted by Gasteiger charge is 2.09. The summed E-state index contributed by atoms with van der Waals surface area (Å²) < 4.78 is 5.09. The number of Topliss-reactive ketones (excluding diaryl/α,β-unsaturated/α-hetero) is 1. The minimum absolute atomic E-state index is 0.0368. The number of hydrogen-bond acceptors (Lipinski definition) is 2. The first kappa shape index (κ1) is 10.5. The zero-order valence-corrected chi connectivity index (χ0v) is 10.0. The lowest BCUT2D eigenvalue weighted by Crippen LogP contribution is -1.97. The van der Waals surface area contributed by atoms with Crippen molar-refractivity contribution < 1.29 is 7.86 Å². The van der Waals surface area contributed by atoms with Crippen LogP contribution < -0.4 is 3.07 Å². The van der Waals surface area contributed by atoms with Gasteiger partial charge in [-0.25, -0.2) is 0 Å². The Bertz CT molecular complexity index is 345. The largest absolute Gasteiger partial charge is 0.427 e. The second-order valence-corrected chi connectivity index (χ2v) is 3.51. The van der Waals surface area contributed by atoms with Crippen molar-refractivity contribution in [2.24, 2.45) is 0 Å². The summed E-state index contributed by atoms with van der Waals surface area (Å²) in [5, 5.41) is 0. The van der Waals surface area contributed by atoms with Gasteiger partial charge in [-0.2, -0.15) is 0 Å². The Morgan fingerprint density at radius 3 is 2.31 bits per heavy atom. The van der Waals surface area contributed by atoms with Crippen molar-refractivity contribution in [3.05, 3.63) is 28.8 Å². The smallest absolute Gasteiger partial charge is 0.192 e. The van der Waals surface area contributed by atoms with Gasteiger partial charge in [0.2, 0.25) is 0 Å². The number of benzene rings is 1. The zero-order valence-electron chi connectivity index (χ0n) is 7.85. The summed E-state index contributed by atoms with van der Waals surface area (Å²) in [5.41, 5.74) is 2.90. The summed E-state index contributed by atoms with van der Waals surface area (Å²) >= 11 is 1.79. The lowest BCUT2D eigenvalue weighted by atomic mass is 10.0. The first-order valence-electron chi connectivity index (χ1n) is 3.97. The van der Waals surface area contributed by atoms with Crippen LogP contribution in [-0.4, -0.2) is 5.78 Å². The van der Waals surface area contributed by atoms with E-state index >= 15 is 0 Å². The summed E-state index contributed by atoms with van der Waals surface area (Å²) in [5.74, 6) is 0.686. The average molecular weight is 290 g/mol. The fraction of sp³-hybridized carbons (Fsp3) is 0.300. The molecule has 0 spiro atoms. The minimum atomic E-state index is 0.0368. The minimum Gasteiger partial charge on any atom is -0.427 e. The maximum Gasteiger partial charge on any atom is 0.192 e. The van der Waals surface area contributed by atoms with E-state index in [1.807, 2.05) is 26.0 Å². The Balaban J connectivity index is 3.33. The maximum absolute atomic E-state index is 11.2. The van der Waals surface area contributed by atoms with Crippen LogP contribution in [0.5, 0.6) is 5.75 Å². The standard InChI is InChI=1S/C10H11IO2/c1-6-4-9(8(3)12)10(13-11)5-7(6)2/h4-5H,1-3H3. The molecule has 0 amide bonds. The van der Waals surface area contributed by atoms with Crippen LogP contribution in [0, 0.1) is 13.8 Å².